The topological polar surface area (TPSA) is 76.1 Å². The highest BCUT2D eigenvalue weighted by Crippen LogP contribution is 2.21. The van der Waals surface area contributed by atoms with Crippen molar-refractivity contribution in [2.24, 2.45) is 0 Å². The molecule has 3 rings (SSSR count). The first-order chi connectivity index (χ1) is 13.0. The number of hydrogen-bond acceptors (Lipinski definition) is 5. The van der Waals surface area contributed by atoms with Gasteiger partial charge in [0.05, 0.1) is 13.2 Å². The number of amides is 1. The first kappa shape index (κ1) is 18.4. The van der Waals surface area contributed by atoms with Crippen LogP contribution in [0.4, 0.5) is 11.5 Å². The highest BCUT2D eigenvalue weighted by Gasteiger charge is 2.14. The highest BCUT2D eigenvalue weighted by molar-refractivity contribution is 5.93. The lowest BCUT2D eigenvalue weighted by Gasteiger charge is -2.15. The van der Waals surface area contributed by atoms with Gasteiger partial charge in [-0.05, 0) is 31.5 Å². The highest BCUT2D eigenvalue weighted by atomic mass is 16.5. The third-order valence-electron chi connectivity index (χ3n) is 4.06. The van der Waals surface area contributed by atoms with E-state index in [1.807, 2.05) is 61.5 Å². The van der Waals surface area contributed by atoms with Gasteiger partial charge in [0, 0.05) is 17.8 Å². The van der Waals surface area contributed by atoms with Gasteiger partial charge in [0.2, 0.25) is 0 Å². The second-order valence-corrected chi connectivity index (χ2v) is 6.15. The summed E-state index contributed by atoms with van der Waals surface area (Å²) in [4.78, 5) is 21.3. The molecule has 0 fully saturated rings. The molecule has 0 radical (unpaired) electrons. The second-order valence-electron chi connectivity index (χ2n) is 6.15. The lowest BCUT2D eigenvalue weighted by molar-refractivity contribution is 0.0934. The first-order valence-corrected chi connectivity index (χ1v) is 8.68. The molecule has 6 nitrogen and oxygen atoms in total. The summed E-state index contributed by atoms with van der Waals surface area (Å²) in [6.07, 6.45) is 0. The van der Waals surface area contributed by atoms with Crippen LogP contribution in [-0.4, -0.2) is 23.0 Å². The predicted molar refractivity (Wildman–Crippen MR) is 105 cm³/mol. The molecule has 6 heteroatoms. The fourth-order valence-electron chi connectivity index (χ4n) is 2.69. The van der Waals surface area contributed by atoms with Crippen LogP contribution in [0.1, 0.15) is 34.8 Å². The van der Waals surface area contributed by atoms with Crippen LogP contribution in [0.3, 0.4) is 0 Å². The van der Waals surface area contributed by atoms with Crippen molar-refractivity contribution in [3.8, 4) is 5.75 Å². The van der Waals surface area contributed by atoms with Gasteiger partial charge in [0.15, 0.2) is 0 Å². The SMILES string of the molecule is COc1cccc(Nc2cc(C(=O)NC(C)c3ccccc3)nc(C)n2)c1. The smallest absolute Gasteiger partial charge is 0.270 e. The van der Waals surface area contributed by atoms with Gasteiger partial charge in [0.1, 0.15) is 23.1 Å². The summed E-state index contributed by atoms with van der Waals surface area (Å²) in [5.74, 6) is 1.56. The number of aryl methyl sites for hydroxylation is 1. The van der Waals surface area contributed by atoms with E-state index >= 15 is 0 Å². The van der Waals surface area contributed by atoms with Gasteiger partial charge >= 0.3 is 0 Å². The summed E-state index contributed by atoms with van der Waals surface area (Å²) in [6, 6.07) is 18.8. The van der Waals surface area contributed by atoms with E-state index in [4.69, 9.17) is 4.74 Å². The number of carbonyl (C=O) groups excluding carboxylic acids is 1. The standard InChI is InChI=1S/C21H22N4O2/c1-14(16-8-5-4-6-9-16)22-21(26)19-13-20(24-15(2)23-19)25-17-10-7-11-18(12-17)27-3/h4-14H,1-3H3,(H,22,26)(H,23,24,25). The van der Waals surface area contributed by atoms with Gasteiger partial charge in [-0.3, -0.25) is 4.79 Å². The third kappa shape index (κ3) is 4.82. The van der Waals surface area contributed by atoms with E-state index in [-0.39, 0.29) is 11.9 Å². The molecule has 138 valence electrons. The van der Waals surface area contributed by atoms with Crippen molar-refractivity contribution in [2.75, 3.05) is 12.4 Å². The van der Waals surface area contributed by atoms with Gasteiger partial charge in [-0.25, -0.2) is 9.97 Å². The predicted octanol–water partition coefficient (Wildman–Crippen LogP) is 4.03. The van der Waals surface area contributed by atoms with Crippen molar-refractivity contribution in [3.05, 3.63) is 77.7 Å². The molecular formula is C21H22N4O2. The van der Waals surface area contributed by atoms with Crippen LogP contribution in [0.15, 0.2) is 60.7 Å². The normalized spacial score (nSPS) is 11.5. The molecule has 1 aromatic heterocycles. The number of carbonyl (C=O) groups is 1. The minimum Gasteiger partial charge on any atom is -0.497 e. The summed E-state index contributed by atoms with van der Waals surface area (Å²) in [6.45, 7) is 3.70. The third-order valence-corrected chi connectivity index (χ3v) is 4.06. The molecule has 0 aliphatic carbocycles. The van der Waals surface area contributed by atoms with Crippen LogP contribution in [0.5, 0.6) is 5.75 Å². The van der Waals surface area contributed by atoms with Crippen LogP contribution in [0.2, 0.25) is 0 Å². The van der Waals surface area contributed by atoms with Crippen LogP contribution in [-0.2, 0) is 0 Å². The Morgan fingerprint density at radius 2 is 1.81 bits per heavy atom. The average molecular weight is 362 g/mol. The molecule has 1 amide bonds. The lowest BCUT2D eigenvalue weighted by atomic mass is 10.1. The monoisotopic (exact) mass is 362 g/mol. The summed E-state index contributed by atoms with van der Waals surface area (Å²) >= 11 is 0. The maximum Gasteiger partial charge on any atom is 0.270 e. The molecule has 3 aromatic rings. The molecular weight excluding hydrogens is 340 g/mol. The van der Waals surface area contributed by atoms with E-state index in [0.29, 0.717) is 17.3 Å². The van der Waals surface area contributed by atoms with Gasteiger partial charge in [-0.1, -0.05) is 36.4 Å². The maximum atomic E-state index is 12.6. The molecule has 0 saturated heterocycles. The van der Waals surface area contributed by atoms with E-state index in [1.54, 1.807) is 20.1 Å². The van der Waals surface area contributed by atoms with Gasteiger partial charge in [-0.2, -0.15) is 0 Å². The summed E-state index contributed by atoms with van der Waals surface area (Å²) in [5.41, 5.74) is 2.17. The minimum absolute atomic E-state index is 0.122. The molecule has 1 unspecified atom stereocenters. The van der Waals surface area contributed by atoms with Crippen molar-refractivity contribution in [2.45, 2.75) is 19.9 Å². The Morgan fingerprint density at radius 3 is 2.56 bits per heavy atom. The Bertz CT molecular complexity index is 928. The van der Waals surface area contributed by atoms with Crippen LogP contribution < -0.4 is 15.4 Å². The fourth-order valence-corrected chi connectivity index (χ4v) is 2.69. The van der Waals surface area contributed by atoms with E-state index in [9.17, 15) is 4.79 Å². The zero-order valence-corrected chi connectivity index (χ0v) is 15.6. The molecule has 0 bridgehead atoms. The van der Waals surface area contributed by atoms with Crippen molar-refractivity contribution in [1.29, 1.82) is 0 Å². The lowest BCUT2D eigenvalue weighted by Crippen LogP contribution is -2.27. The number of ether oxygens (including phenoxy) is 1. The molecule has 2 aromatic carbocycles. The number of methoxy groups -OCH3 is 1. The van der Waals surface area contributed by atoms with Crippen LogP contribution in [0, 0.1) is 6.92 Å². The molecule has 0 aliphatic rings. The van der Waals surface area contributed by atoms with Crippen molar-refractivity contribution >= 4 is 17.4 Å². The molecule has 0 spiro atoms. The van der Waals surface area contributed by atoms with Gasteiger partial charge in [0.25, 0.3) is 5.91 Å². The Morgan fingerprint density at radius 1 is 1.04 bits per heavy atom. The van der Waals surface area contributed by atoms with Crippen molar-refractivity contribution < 1.29 is 9.53 Å². The largest absolute Gasteiger partial charge is 0.497 e. The number of benzene rings is 2. The Labute approximate surface area is 158 Å². The van der Waals surface area contributed by atoms with Crippen molar-refractivity contribution in [3.63, 3.8) is 0 Å². The Hall–Kier alpha value is -3.41. The van der Waals surface area contributed by atoms with Gasteiger partial charge in [-0.15, -0.1) is 0 Å². The van der Waals surface area contributed by atoms with E-state index in [0.717, 1.165) is 17.0 Å². The zero-order chi connectivity index (χ0) is 19.2. The first-order valence-electron chi connectivity index (χ1n) is 8.68. The number of hydrogen-bond donors (Lipinski definition) is 2. The quantitative estimate of drug-likeness (QED) is 0.692. The molecule has 27 heavy (non-hydrogen) atoms. The number of rotatable bonds is 6. The maximum absolute atomic E-state index is 12.6. The van der Waals surface area contributed by atoms with Crippen molar-refractivity contribution in [1.82, 2.24) is 15.3 Å². The Kier molecular flexibility index (Phi) is 5.66. The number of nitrogens with zero attached hydrogens (tertiary/aromatic N) is 2. The second kappa shape index (κ2) is 8.31. The molecule has 2 N–H and O–H groups in total. The number of nitrogens with one attached hydrogen (secondary N) is 2. The minimum atomic E-state index is -0.245. The molecule has 1 atom stereocenters. The molecule has 0 saturated carbocycles. The van der Waals surface area contributed by atoms with E-state index < -0.39 is 0 Å². The summed E-state index contributed by atoms with van der Waals surface area (Å²) in [5, 5.41) is 6.16. The molecule has 1 heterocycles. The van der Waals surface area contributed by atoms with E-state index in [1.165, 1.54) is 0 Å². The zero-order valence-electron chi connectivity index (χ0n) is 15.6. The fraction of sp³-hybridized carbons (Fsp3) is 0.190. The van der Waals surface area contributed by atoms with Crippen LogP contribution >= 0.6 is 0 Å². The number of anilines is 2. The summed E-state index contributed by atoms with van der Waals surface area (Å²) < 4.78 is 5.23. The average Bonchev–Trinajstić information content (AvgIpc) is 2.68. The van der Waals surface area contributed by atoms with Gasteiger partial charge < -0.3 is 15.4 Å². The Balaban J connectivity index is 1.77. The number of aromatic nitrogens is 2. The van der Waals surface area contributed by atoms with E-state index in [2.05, 4.69) is 20.6 Å². The molecule has 0 aliphatic heterocycles. The summed E-state index contributed by atoms with van der Waals surface area (Å²) in [7, 11) is 1.62. The van der Waals surface area contributed by atoms with Crippen LogP contribution in [0.25, 0.3) is 0 Å².